The minimum Gasteiger partial charge on any atom is -0.822 e. The number of phosphoric acid groups is 1. The minimum atomic E-state index is -5.39. The second-order valence-corrected chi connectivity index (χ2v) is 3.06. The molecule has 0 aliphatic heterocycles. The van der Waals surface area contributed by atoms with Gasteiger partial charge in [-0.25, -0.2) is 0 Å². The normalized spacial score (nSPS) is 9.92. The Morgan fingerprint density at radius 2 is 1.00 bits per heavy atom. The Bertz CT molecular complexity index is 109. The van der Waals surface area contributed by atoms with E-state index in [1.165, 1.54) is 0 Å². The van der Waals surface area contributed by atoms with E-state index in [0.717, 1.165) is 0 Å². The fourth-order valence-electron chi connectivity index (χ4n) is 0. The molecule has 0 aromatic rings. The van der Waals surface area contributed by atoms with Crippen LogP contribution in [0.1, 0.15) is 0 Å². The van der Waals surface area contributed by atoms with Gasteiger partial charge in [0.15, 0.2) is 0 Å². The summed E-state index contributed by atoms with van der Waals surface area (Å²) in [5.74, 6) is 0. The van der Waals surface area contributed by atoms with Crippen molar-refractivity contribution in [2.24, 2.45) is 0 Å². The maximum atomic E-state index is 8.91. The maximum Gasteiger partial charge on any atom is 2.00 e. The van der Waals surface area contributed by atoms with Gasteiger partial charge in [0.2, 0.25) is 0 Å². The molecule has 8 nitrogen and oxygen atoms in total. The third-order valence-electron chi connectivity index (χ3n) is 0. The first-order valence-electron chi connectivity index (χ1n) is 1.61. The van der Waals surface area contributed by atoms with Gasteiger partial charge in [0.1, 0.15) is 0 Å². The van der Waals surface area contributed by atoms with Crippen LogP contribution < -0.4 is 19.5 Å². The number of hydrogen-bond donors (Lipinski definition) is 3. The first-order chi connectivity index (χ1) is 4.00. The molecular formula is H3O8PSiZn2. The standard InChI is InChI=1S/H3O4P.H3O4Si.2Zn/c2*1-5(2,3)4;;/h(H3,1,2,3,4);1-3H;;/q;-1;2*+2/p-3. The molecular weight excluding hydrogens is 318 g/mol. The fraction of sp³-hybridized carbons (Fsp3) is 0. The van der Waals surface area contributed by atoms with E-state index >= 15 is 0 Å². The van der Waals surface area contributed by atoms with Gasteiger partial charge in [-0.05, 0) is 0 Å². The molecule has 0 aromatic heterocycles. The van der Waals surface area contributed by atoms with Crippen LogP contribution in [0.15, 0.2) is 0 Å². The molecule has 0 amide bonds. The maximum absolute atomic E-state index is 8.91. The summed E-state index contributed by atoms with van der Waals surface area (Å²) in [4.78, 5) is 56.2. The zero-order valence-corrected chi connectivity index (χ0v) is 13.6. The van der Waals surface area contributed by atoms with Crippen molar-refractivity contribution < 1.29 is 77.4 Å². The van der Waals surface area contributed by atoms with Crippen molar-refractivity contribution in [3.8, 4) is 0 Å². The molecule has 12 heteroatoms. The summed E-state index contributed by atoms with van der Waals surface area (Å²) in [7, 11) is -10.2. The van der Waals surface area contributed by atoms with E-state index in [0.29, 0.717) is 0 Å². The second-order valence-electron chi connectivity index (χ2n) is 1.02. The minimum absolute atomic E-state index is 0. The molecule has 0 saturated heterocycles. The Hall–Kier alpha value is 1.41. The van der Waals surface area contributed by atoms with Crippen molar-refractivity contribution in [1.29, 1.82) is 0 Å². The SMILES string of the molecule is O=P([O-])([O-])[O-].[O-][Si](O)(O)O.[Zn+2].[Zn+2]. The summed E-state index contributed by atoms with van der Waals surface area (Å²) in [5.41, 5.74) is 0. The third kappa shape index (κ3) is 619. The molecule has 0 bridgehead atoms. The molecule has 0 aliphatic rings. The van der Waals surface area contributed by atoms with Crippen LogP contribution in [-0.2, 0) is 43.5 Å². The topological polar surface area (TPSA) is 170 Å². The first-order valence-corrected chi connectivity index (χ1v) is 4.82. The van der Waals surface area contributed by atoms with E-state index in [1.54, 1.807) is 0 Å². The molecule has 0 spiro atoms. The van der Waals surface area contributed by atoms with E-state index in [2.05, 4.69) is 0 Å². The molecule has 0 atom stereocenters. The van der Waals surface area contributed by atoms with Crippen LogP contribution in [0.3, 0.4) is 0 Å². The Balaban J connectivity index is -0.0000000457. The van der Waals surface area contributed by atoms with Gasteiger partial charge < -0.3 is 38.4 Å². The Kier molecular flexibility index (Phi) is 17.5. The summed E-state index contributed by atoms with van der Waals surface area (Å²) in [6.07, 6.45) is 0. The van der Waals surface area contributed by atoms with Crippen molar-refractivity contribution in [2.75, 3.05) is 0 Å². The molecule has 0 aromatic carbocycles. The molecule has 0 aliphatic carbocycles. The van der Waals surface area contributed by atoms with Crippen molar-refractivity contribution in [3.05, 3.63) is 0 Å². The van der Waals surface area contributed by atoms with Crippen LogP contribution in [0.25, 0.3) is 0 Å². The fourth-order valence-corrected chi connectivity index (χ4v) is 0. The summed E-state index contributed by atoms with van der Waals surface area (Å²) in [5, 5.41) is 0. The van der Waals surface area contributed by atoms with Crippen LogP contribution in [0.2, 0.25) is 0 Å². The molecule has 0 heterocycles. The number of rotatable bonds is 0. The van der Waals surface area contributed by atoms with Crippen molar-refractivity contribution >= 4 is 16.9 Å². The molecule has 0 radical (unpaired) electrons. The van der Waals surface area contributed by atoms with Gasteiger partial charge in [-0.3, -0.25) is 0 Å². The van der Waals surface area contributed by atoms with Gasteiger partial charge >= 0.3 is 48.0 Å². The first kappa shape index (κ1) is 23.3. The zero-order valence-electron chi connectivity index (χ0n) is 5.74. The van der Waals surface area contributed by atoms with Crippen molar-refractivity contribution in [3.63, 3.8) is 0 Å². The van der Waals surface area contributed by atoms with E-state index in [-0.39, 0.29) is 39.0 Å². The number of hydrogen-bond acceptors (Lipinski definition) is 8. The second kappa shape index (κ2) is 8.99. The average molecular weight is 321 g/mol. The van der Waals surface area contributed by atoms with Crippen LogP contribution in [0.4, 0.5) is 0 Å². The van der Waals surface area contributed by atoms with Crippen molar-refractivity contribution in [2.45, 2.75) is 0 Å². The smallest absolute Gasteiger partial charge is 0.822 e. The van der Waals surface area contributed by atoms with E-state index in [9.17, 15) is 0 Å². The Morgan fingerprint density at radius 1 is 1.00 bits per heavy atom. The van der Waals surface area contributed by atoms with Crippen LogP contribution in [0, 0.1) is 0 Å². The average Bonchev–Trinajstić information content (AvgIpc) is 1.12. The molecule has 12 heavy (non-hydrogen) atoms. The van der Waals surface area contributed by atoms with Crippen LogP contribution in [-0.4, -0.2) is 23.4 Å². The molecule has 0 saturated carbocycles. The predicted octanol–water partition coefficient (Wildman–Crippen LogP) is -6.07. The molecule has 0 fully saturated rings. The molecule has 0 rings (SSSR count). The third-order valence-corrected chi connectivity index (χ3v) is 0. The monoisotopic (exact) mass is 318 g/mol. The van der Waals surface area contributed by atoms with Gasteiger partial charge in [-0.15, -0.1) is 0 Å². The summed E-state index contributed by atoms with van der Waals surface area (Å²) in [6.45, 7) is 0. The van der Waals surface area contributed by atoms with Gasteiger partial charge in [0.05, 0.1) is 0 Å². The Morgan fingerprint density at radius 3 is 1.00 bits per heavy atom. The summed E-state index contributed by atoms with van der Waals surface area (Å²) in [6, 6.07) is 0. The quantitative estimate of drug-likeness (QED) is 0.292. The van der Waals surface area contributed by atoms with E-state index in [4.69, 9.17) is 38.4 Å². The van der Waals surface area contributed by atoms with Gasteiger partial charge in [-0.1, -0.05) is 0 Å². The molecule has 3 N–H and O–H groups in total. The van der Waals surface area contributed by atoms with Crippen LogP contribution in [0.5, 0.6) is 0 Å². The van der Waals surface area contributed by atoms with E-state index in [1.807, 2.05) is 0 Å². The zero-order chi connectivity index (χ0) is 9.00. The Labute approximate surface area is 94.1 Å². The molecule has 0 unspecified atom stereocenters. The summed E-state index contributed by atoms with van der Waals surface area (Å²) >= 11 is 0. The van der Waals surface area contributed by atoms with Gasteiger partial charge in [0, 0.05) is 0 Å². The van der Waals surface area contributed by atoms with Gasteiger partial charge in [-0.2, -0.15) is 7.82 Å². The van der Waals surface area contributed by atoms with E-state index < -0.39 is 16.9 Å². The van der Waals surface area contributed by atoms with Crippen LogP contribution >= 0.6 is 7.82 Å². The largest absolute Gasteiger partial charge is 2.00 e. The molecule has 64 valence electrons. The summed E-state index contributed by atoms with van der Waals surface area (Å²) < 4.78 is 8.55. The van der Waals surface area contributed by atoms with Gasteiger partial charge in [0.25, 0.3) is 0 Å². The predicted molar refractivity (Wildman–Crippen MR) is 20.0 cm³/mol. The van der Waals surface area contributed by atoms with Crippen molar-refractivity contribution in [1.82, 2.24) is 0 Å².